The second-order valence-corrected chi connectivity index (χ2v) is 5.91. The maximum absolute atomic E-state index is 14.2. The standard InChI is InChI=1S/C14H11BrCl2FN/c1-7-2-3-8(16)6-10(7)14(19)9-4-5-11(15)12(17)13(9)18/h2-6,14H,19H2,1H3. The van der Waals surface area contributed by atoms with Crippen molar-refractivity contribution in [3.8, 4) is 0 Å². The summed E-state index contributed by atoms with van der Waals surface area (Å²) in [5, 5.41) is 0.604. The molecule has 0 aromatic heterocycles. The molecule has 0 heterocycles. The Morgan fingerprint density at radius 1 is 1.16 bits per heavy atom. The number of nitrogens with two attached hydrogens (primary N) is 1. The molecule has 0 aliphatic carbocycles. The molecule has 19 heavy (non-hydrogen) atoms. The predicted molar refractivity (Wildman–Crippen MR) is 81.3 cm³/mol. The zero-order chi connectivity index (χ0) is 14.2. The van der Waals surface area contributed by atoms with Gasteiger partial charge in [0.05, 0.1) is 11.1 Å². The van der Waals surface area contributed by atoms with E-state index >= 15 is 0 Å². The van der Waals surface area contributed by atoms with Gasteiger partial charge in [-0.3, -0.25) is 0 Å². The fourth-order valence-electron chi connectivity index (χ4n) is 1.89. The molecule has 100 valence electrons. The highest BCUT2D eigenvalue weighted by molar-refractivity contribution is 9.10. The van der Waals surface area contributed by atoms with Gasteiger partial charge in [-0.2, -0.15) is 0 Å². The lowest BCUT2D eigenvalue weighted by Crippen LogP contribution is -2.15. The van der Waals surface area contributed by atoms with E-state index in [1.54, 1.807) is 24.3 Å². The Morgan fingerprint density at radius 3 is 2.53 bits per heavy atom. The first-order chi connectivity index (χ1) is 8.91. The summed E-state index contributed by atoms with van der Waals surface area (Å²) in [6, 6.07) is 8.08. The fraction of sp³-hybridized carbons (Fsp3) is 0.143. The van der Waals surface area contributed by atoms with Gasteiger partial charge in [-0.15, -0.1) is 0 Å². The average Bonchev–Trinajstić information content (AvgIpc) is 2.38. The van der Waals surface area contributed by atoms with E-state index < -0.39 is 11.9 Å². The van der Waals surface area contributed by atoms with Crippen LogP contribution in [0.25, 0.3) is 0 Å². The molecular formula is C14H11BrCl2FN. The molecule has 5 heteroatoms. The van der Waals surface area contributed by atoms with Crippen molar-refractivity contribution in [1.82, 2.24) is 0 Å². The van der Waals surface area contributed by atoms with Crippen LogP contribution in [0.3, 0.4) is 0 Å². The Labute approximate surface area is 129 Å². The van der Waals surface area contributed by atoms with Crippen LogP contribution in [-0.4, -0.2) is 0 Å². The molecule has 2 rings (SSSR count). The normalized spacial score (nSPS) is 12.5. The molecule has 0 saturated carbocycles. The molecule has 0 bridgehead atoms. The van der Waals surface area contributed by atoms with Crippen molar-refractivity contribution < 1.29 is 4.39 Å². The maximum atomic E-state index is 14.2. The van der Waals surface area contributed by atoms with E-state index in [4.69, 9.17) is 28.9 Å². The molecular weight excluding hydrogens is 352 g/mol. The molecule has 0 radical (unpaired) electrons. The quantitative estimate of drug-likeness (QED) is 0.725. The van der Waals surface area contributed by atoms with Gasteiger partial charge in [-0.05, 0) is 52.2 Å². The summed E-state index contributed by atoms with van der Waals surface area (Å²) in [6.45, 7) is 1.91. The fourth-order valence-corrected chi connectivity index (χ4v) is 2.55. The summed E-state index contributed by atoms with van der Waals surface area (Å²) in [7, 11) is 0. The molecule has 0 aliphatic rings. The van der Waals surface area contributed by atoms with E-state index in [9.17, 15) is 4.39 Å². The van der Waals surface area contributed by atoms with Crippen molar-refractivity contribution in [3.05, 3.63) is 67.4 Å². The summed E-state index contributed by atoms with van der Waals surface area (Å²) in [6.07, 6.45) is 0. The Hall–Kier alpha value is -0.610. The largest absolute Gasteiger partial charge is 0.320 e. The van der Waals surface area contributed by atoms with E-state index in [-0.39, 0.29) is 5.02 Å². The van der Waals surface area contributed by atoms with E-state index in [1.165, 1.54) is 0 Å². The monoisotopic (exact) mass is 361 g/mol. The summed E-state index contributed by atoms with van der Waals surface area (Å²) in [4.78, 5) is 0. The van der Waals surface area contributed by atoms with E-state index in [2.05, 4.69) is 15.9 Å². The van der Waals surface area contributed by atoms with E-state index in [0.717, 1.165) is 11.1 Å². The average molecular weight is 363 g/mol. The van der Waals surface area contributed by atoms with Crippen LogP contribution in [0.5, 0.6) is 0 Å². The van der Waals surface area contributed by atoms with Crippen molar-refractivity contribution in [1.29, 1.82) is 0 Å². The van der Waals surface area contributed by atoms with Crippen LogP contribution in [0, 0.1) is 12.7 Å². The summed E-state index contributed by atoms with van der Waals surface area (Å²) in [5.41, 5.74) is 8.22. The molecule has 0 saturated heterocycles. The minimum absolute atomic E-state index is 0.0348. The Morgan fingerprint density at radius 2 is 1.84 bits per heavy atom. The highest BCUT2D eigenvalue weighted by Gasteiger charge is 2.19. The zero-order valence-electron chi connectivity index (χ0n) is 10.1. The van der Waals surface area contributed by atoms with E-state index in [1.807, 2.05) is 13.0 Å². The third-order valence-corrected chi connectivity index (χ3v) is 4.47. The number of hydrogen-bond donors (Lipinski definition) is 1. The van der Waals surface area contributed by atoms with Crippen LogP contribution in [-0.2, 0) is 0 Å². The van der Waals surface area contributed by atoms with Crippen LogP contribution in [0.1, 0.15) is 22.7 Å². The number of benzene rings is 2. The number of aryl methyl sites for hydroxylation is 1. The summed E-state index contributed by atoms with van der Waals surface area (Å²) >= 11 is 15.0. The van der Waals surface area contributed by atoms with Crippen LogP contribution in [0.2, 0.25) is 10.0 Å². The number of halogens is 4. The summed E-state index contributed by atoms with van der Waals surface area (Å²) < 4.78 is 14.7. The van der Waals surface area contributed by atoms with Crippen LogP contribution in [0.15, 0.2) is 34.8 Å². The van der Waals surface area contributed by atoms with E-state index in [0.29, 0.717) is 15.1 Å². The van der Waals surface area contributed by atoms with Crippen molar-refractivity contribution in [2.24, 2.45) is 5.73 Å². The second-order valence-electron chi connectivity index (χ2n) is 4.24. The van der Waals surface area contributed by atoms with Gasteiger partial charge in [0.1, 0.15) is 5.82 Å². The molecule has 0 fully saturated rings. The third kappa shape index (κ3) is 2.95. The molecule has 2 aromatic rings. The van der Waals surface area contributed by atoms with Gasteiger partial charge >= 0.3 is 0 Å². The predicted octanol–water partition coefficient (Wildman–Crippen LogP) is 5.25. The van der Waals surface area contributed by atoms with Gasteiger partial charge in [-0.1, -0.05) is 35.3 Å². The Kier molecular flexibility index (Phi) is 4.51. The maximum Gasteiger partial charge on any atom is 0.148 e. The molecule has 1 atom stereocenters. The Bertz CT molecular complexity index is 631. The molecule has 1 nitrogen and oxygen atoms in total. The van der Waals surface area contributed by atoms with Gasteiger partial charge in [-0.25, -0.2) is 4.39 Å². The molecule has 0 spiro atoms. The molecule has 0 aliphatic heterocycles. The minimum Gasteiger partial charge on any atom is -0.320 e. The van der Waals surface area contributed by atoms with Crippen molar-refractivity contribution >= 4 is 39.1 Å². The highest BCUT2D eigenvalue weighted by Crippen LogP contribution is 2.33. The lowest BCUT2D eigenvalue weighted by Gasteiger charge is -2.17. The minimum atomic E-state index is -0.607. The number of hydrogen-bond acceptors (Lipinski definition) is 1. The Balaban J connectivity index is 2.53. The molecule has 2 aromatic carbocycles. The molecule has 0 amide bonds. The van der Waals surface area contributed by atoms with Crippen LogP contribution >= 0.6 is 39.1 Å². The first kappa shape index (κ1) is 14.8. The first-order valence-electron chi connectivity index (χ1n) is 5.57. The lowest BCUT2D eigenvalue weighted by atomic mass is 9.95. The van der Waals surface area contributed by atoms with Crippen molar-refractivity contribution in [2.75, 3.05) is 0 Å². The van der Waals surface area contributed by atoms with Gasteiger partial charge in [0.25, 0.3) is 0 Å². The highest BCUT2D eigenvalue weighted by atomic mass is 79.9. The first-order valence-corrected chi connectivity index (χ1v) is 7.11. The number of rotatable bonds is 2. The van der Waals surface area contributed by atoms with Gasteiger partial charge < -0.3 is 5.73 Å². The lowest BCUT2D eigenvalue weighted by molar-refractivity contribution is 0.599. The van der Waals surface area contributed by atoms with Crippen molar-refractivity contribution in [2.45, 2.75) is 13.0 Å². The second kappa shape index (κ2) is 5.80. The van der Waals surface area contributed by atoms with Gasteiger partial charge in [0.2, 0.25) is 0 Å². The van der Waals surface area contributed by atoms with Crippen molar-refractivity contribution in [3.63, 3.8) is 0 Å². The van der Waals surface area contributed by atoms with Crippen LogP contribution < -0.4 is 5.73 Å². The molecule has 1 unspecified atom stereocenters. The smallest absolute Gasteiger partial charge is 0.148 e. The summed E-state index contributed by atoms with van der Waals surface area (Å²) in [5.74, 6) is -0.511. The van der Waals surface area contributed by atoms with Crippen LogP contribution in [0.4, 0.5) is 4.39 Å². The zero-order valence-corrected chi connectivity index (χ0v) is 13.2. The van der Waals surface area contributed by atoms with Gasteiger partial charge in [0.15, 0.2) is 0 Å². The third-order valence-electron chi connectivity index (χ3n) is 2.98. The molecule has 2 N–H and O–H groups in total. The van der Waals surface area contributed by atoms with Gasteiger partial charge in [0, 0.05) is 15.1 Å². The SMILES string of the molecule is Cc1ccc(Cl)cc1C(N)c1ccc(Br)c(Cl)c1F. The topological polar surface area (TPSA) is 26.0 Å².